The Morgan fingerprint density at radius 2 is 2.03 bits per heavy atom. The molecule has 9 nitrogen and oxygen atoms in total. The van der Waals surface area contributed by atoms with E-state index in [1.807, 2.05) is 18.3 Å². The van der Waals surface area contributed by atoms with E-state index in [4.69, 9.17) is 5.26 Å². The van der Waals surface area contributed by atoms with Gasteiger partial charge < -0.3 is 10.3 Å². The Morgan fingerprint density at radius 1 is 1.23 bits per heavy atom. The van der Waals surface area contributed by atoms with Gasteiger partial charge in [0.05, 0.1) is 11.0 Å². The fraction of sp³-hybridized carbons (Fsp3) is 0.393. The van der Waals surface area contributed by atoms with Crippen molar-refractivity contribution < 1.29 is 17.6 Å². The Bertz CT molecular complexity index is 1520. The number of pyridine rings is 1. The fourth-order valence-electron chi connectivity index (χ4n) is 4.80. The zero-order valence-corrected chi connectivity index (χ0v) is 22.4. The maximum Gasteiger partial charge on any atom is 0.243 e. The second-order valence-electron chi connectivity index (χ2n) is 9.96. The lowest BCUT2D eigenvalue weighted by Gasteiger charge is -2.29. The van der Waals surface area contributed by atoms with Crippen LogP contribution in [-0.2, 0) is 14.8 Å². The standard InChI is InChI=1S/C28H31FN6O3S/c29-22-5-7-23(8-6-22)39(37,38)35(14-2-1-12-30)18-17-34-15-10-20(11-16-34)25-19-26(33-28(36)21-3-4-21)32-27-24(25)9-13-31-27/h5-10,13,19,21H,1-4,11,14-18H2,(H2,31,32,33,36). The van der Waals surface area contributed by atoms with E-state index in [1.165, 1.54) is 16.4 Å². The van der Waals surface area contributed by atoms with Gasteiger partial charge in [0.1, 0.15) is 17.3 Å². The van der Waals surface area contributed by atoms with Gasteiger partial charge in [0.15, 0.2) is 0 Å². The molecule has 1 fully saturated rings. The number of nitrogens with one attached hydrogen (secondary N) is 2. The Balaban J connectivity index is 1.27. The molecule has 2 N–H and O–H groups in total. The van der Waals surface area contributed by atoms with Gasteiger partial charge in [-0.3, -0.25) is 9.69 Å². The summed E-state index contributed by atoms with van der Waals surface area (Å²) in [5.74, 6) is 0.144. The number of amides is 1. The normalized spacial score (nSPS) is 16.3. The minimum atomic E-state index is -3.82. The molecule has 1 aliphatic carbocycles. The van der Waals surface area contributed by atoms with E-state index in [0.717, 1.165) is 60.1 Å². The number of unbranched alkanes of at least 4 members (excludes halogenated alkanes) is 1. The molecule has 39 heavy (non-hydrogen) atoms. The van der Waals surface area contributed by atoms with Crippen LogP contribution in [0.3, 0.4) is 0 Å². The molecule has 204 valence electrons. The number of benzene rings is 1. The summed E-state index contributed by atoms with van der Waals surface area (Å²) in [5.41, 5.74) is 2.91. The van der Waals surface area contributed by atoms with Gasteiger partial charge in [0.25, 0.3) is 0 Å². The molecule has 3 aromatic rings. The smallest absolute Gasteiger partial charge is 0.243 e. The minimum absolute atomic E-state index is 0.0121. The molecule has 1 amide bonds. The van der Waals surface area contributed by atoms with E-state index in [0.29, 0.717) is 25.3 Å². The zero-order valence-electron chi connectivity index (χ0n) is 21.6. The Kier molecular flexibility index (Phi) is 8.07. The lowest BCUT2D eigenvalue weighted by atomic mass is 9.97. The average Bonchev–Trinajstić information content (AvgIpc) is 3.68. The summed E-state index contributed by atoms with van der Waals surface area (Å²) in [7, 11) is -3.82. The van der Waals surface area contributed by atoms with Crippen LogP contribution in [0.2, 0.25) is 0 Å². The average molecular weight is 551 g/mol. The predicted octanol–water partition coefficient (Wildman–Crippen LogP) is 4.13. The lowest BCUT2D eigenvalue weighted by molar-refractivity contribution is -0.117. The van der Waals surface area contributed by atoms with Crippen LogP contribution >= 0.6 is 0 Å². The molecule has 11 heteroatoms. The molecule has 0 bridgehead atoms. The number of fused-ring (bicyclic) bond motifs is 1. The topological polar surface area (TPSA) is 122 Å². The van der Waals surface area contributed by atoms with Gasteiger partial charge in [-0.2, -0.15) is 9.57 Å². The number of aromatic nitrogens is 2. The van der Waals surface area contributed by atoms with Gasteiger partial charge in [0, 0.05) is 56.6 Å². The van der Waals surface area contributed by atoms with Crippen molar-refractivity contribution in [3.8, 4) is 6.07 Å². The summed E-state index contributed by atoms with van der Waals surface area (Å²) in [4.78, 5) is 22.2. The van der Waals surface area contributed by atoms with Gasteiger partial charge in [-0.05, 0) is 73.2 Å². The molecule has 0 atom stereocenters. The van der Waals surface area contributed by atoms with Crippen LogP contribution in [0.5, 0.6) is 0 Å². The van der Waals surface area contributed by atoms with Crippen molar-refractivity contribution in [3.05, 3.63) is 60.1 Å². The molecule has 0 radical (unpaired) electrons. The number of aromatic amines is 1. The van der Waals surface area contributed by atoms with Crippen LogP contribution in [-0.4, -0.2) is 66.2 Å². The summed E-state index contributed by atoms with van der Waals surface area (Å²) in [6, 6.07) is 10.8. The van der Waals surface area contributed by atoms with E-state index >= 15 is 0 Å². The number of carbonyl (C=O) groups is 1. The molecule has 3 heterocycles. The highest BCUT2D eigenvalue weighted by atomic mass is 32.2. The molecule has 0 spiro atoms. The van der Waals surface area contributed by atoms with Crippen molar-refractivity contribution in [1.29, 1.82) is 5.26 Å². The Morgan fingerprint density at radius 3 is 2.72 bits per heavy atom. The van der Waals surface area contributed by atoms with E-state index in [2.05, 4.69) is 32.3 Å². The second-order valence-corrected chi connectivity index (χ2v) is 11.9. The summed E-state index contributed by atoms with van der Waals surface area (Å²) in [6.07, 6.45) is 7.28. The summed E-state index contributed by atoms with van der Waals surface area (Å²) >= 11 is 0. The van der Waals surface area contributed by atoms with Crippen molar-refractivity contribution in [2.45, 2.75) is 37.0 Å². The maximum atomic E-state index is 13.4. The van der Waals surface area contributed by atoms with Crippen LogP contribution in [0.1, 0.15) is 37.7 Å². The van der Waals surface area contributed by atoms with Crippen molar-refractivity contribution in [1.82, 2.24) is 19.2 Å². The molecular weight excluding hydrogens is 519 g/mol. The largest absolute Gasteiger partial charge is 0.346 e. The quantitative estimate of drug-likeness (QED) is 0.346. The van der Waals surface area contributed by atoms with Gasteiger partial charge >= 0.3 is 0 Å². The maximum absolute atomic E-state index is 13.4. The molecule has 2 aromatic heterocycles. The highest BCUT2D eigenvalue weighted by Crippen LogP contribution is 2.33. The van der Waals surface area contributed by atoms with Crippen LogP contribution in [0, 0.1) is 23.1 Å². The number of hydrogen-bond donors (Lipinski definition) is 2. The number of sulfonamides is 1. The van der Waals surface area contributed by atoms with Crippen LogP contribution in [0.15, 0.2) is 53.6 Å². The van der Waals surface area contributed by atoms with Crippen molar-refractivity contribution >= 4 is 38.4 Å². The first-order valence-corrected chi connectivity index (χ1v) is 14.6. The first-order valence-electron chi connectivity index (χ1n) is 13.2. The van der Waals surface area contributed by atoms with Crippen LogP contribution in [0.4, 0.5) is 10.2 Å². The number of anilines is 1. The third kappa shape index (κ3) is 6.36. The number of H-pyrrole nitrogens is 1. The molecule has 1 saturated carbocycles. The molecule has 1 aliphatic heterocycles. The van der Waals surface area contributed by atoms with Crippen LogP contribution < -0.4 is 5.32 Å². The number of hydrogen-bond acceptors (Lipinski definition) is 6. The number of carbonyl (C=O) groups excluding carboxylic acids is 1. The fourth-order valence-corrected chi connectivity index (χ4v) is 6.26. The van der Waals surface area contributed by atoms with Gasteiger partial charge in [0.2, 0.25) is 15.9 Å². The Labute approximate surface area is 227 Å². The van der Waals surface area contributed by atoms with Crippen LogP contribution in [0.25, 0.3) is 16.6 Å². The third-order valence-electron chi connectivity index (χ3n) is 7.18. The SMILES string of the molecule is N#CCCCN(CCN1CC=C(c2cc(NC(=O)C3CC3)nc3[nH]ccc23)CC1)S(=O)(=O)c1ccc(F)cc1. The highest BCUT2D eigenvalue weighted by molar-refractivity contribution is 7.89. The predicted molar refractivity (Wildman–Crippen MR) is 146 cm³/mol. The van der Waals surface area contributed by atoms with Gasteiger partial charge in [-0.25, -0.2) is 17.8 Å². The number of nitrogens with zero attached hydrogens (tertiary/aromatic N) is 4. The lowest BCUT2D eigenvalue weighted by Crippen LogP contribution is -2.40. The van der Waals surface area contributed by atoms with E-state index in [1.54, 1.807) is 0 Å². The first-order chi connectivity index (χ1) is 18.8. The molecule has 2 aliphatic rings. The number of nitriles is 1. The van der Waals surface area contributed by atoms with Crippen molar-refractivity contribution in [2.75, 3.05) is 38.0 Å². The summed E-state index contributed by atoms with van der Waals surface area (Å²) < 4.78 is 41.3. The third-order valence-corrected chi connectivity index (χ3v) is 9.09. The number of halogens is 1. The molecule has 1 aromatic carbocycles. The minimum Gasteiger partial charge on any atom is -0.346 e. The van der Waals surface area contributed by atoms with E-state index in [9.17, 15) is 17.6 Å². The Hall–Kier alpha value is -3.59. The monoisotopic (exact) mass is 550 g/mol. The first kappa shape index (κ1) is 27.0. The number of rotatable bonds is 11. The second kappa shape index (κ2) is 11.7. The molecule has 0 unspecified atom stereocenters. The molecule has 5 rings (SSSR count). The van der Waals surface area contributed by atoms with Gasteiger partial charge in [-0.1, -0.05) is 6.08 Å². The molecule has 0 saturated heterocycles. The molecular formula is C28H31FN6O3S. The van der Waals surface area contributed by atoms with Crippen molar-refractivity contribution in [2.24, 2.45) is 5.92 Å². The summed E-state index contributed by atoms with van der Waals surface area (Å²) in [6.45, 7) is 2.40. The van der Waals surface area contributed by atoms with Crippen molar-refractivity contribution in [3.63, 3.8) is 0 Å². The van der Waals surface area contributed by atoms with Gasteiger partial charge in [-0.15, -0.1) is 0 Å². The zero-order chi connectivity index (χ0) is 27.4. The van der Waals surface area contributed by atoms with E-state index in [-0.39, 0.29) is 36.2 Å². The summed E-state index contributed by atoms with van der Waals surface area (Å²) in [5, 5.41) is 12.9. The highest BCUT2D eigenvalue weighted by Gasteiger charge is 2.30. The van der Waals surface area contributed by atoms with E-state index < -0.39 is 15.8 Å².